The van der Waals surface area contributed by atoms with E-state index in [9.17, 15) is 22.4 Å². The van der Waals surface area contributed by atoms with Crippen molar-refractivity contribution >= 4 is 33.0 Å². The van der Waals surface area contributed by atoms with Crippen LogP contribution in [0.4, 0.5) is 4.39 Å². The van der Waals surface area contributed by atoms with Crippen molar-refractivity contribution in [2.45, 2.75) is 31.3 Å². The third-order valence-electron chi connectivity index (χ3n) is 4.18. The van der Waals surface area contributed by atoms with Crippen molar-refractivity contribution in [2.24, 2.45) is 0 Å². The molecule has 0 unspecified atom stereocenters. The summed E-state index contributed by atoms with van der Waals surface area (Å²) in [6.45, 7) is 4.32. The first-order valence-corrected chi connectivity index (χ1v) is 9.87. The lowest BCUT2D eigenvalue weighted by Crippen LogP contribution is -2.29. The number of ether oxygens (including phenoxy) is 1. The Bertz CT molecular complexity index is 1100. The second-order valence-electron chi connectivity index (χ2n) is 6.84. The molecule has 28 heavy (non-hydrogen) atoms. The molecule has 2 aromatic carbocycles. The fourth-order valence-electron chi connectivity index (χ4n) is 2.90. The summed E-state index contributed by atoms with van der Waals surface area (Å²) in [5.74, 6) is -1.25. The molecule has 1 amide bonds. The molecule has 3 rings (SSSR count). The van der Waals surface area contributed by atoms with E-state index in [4.69, 9.17) is 4.74 Å². The molecule has 6 nitrogen and oxygen atoms in total. The van der Waals surface area contributed by atoms with Crippen LogP contribution in [0.1, 0.15) is 31.9 Å². The molecule has 0 radical (unpaired) electrons. The minimum atomic E-state index is -3.98. The maximum Gasteiger partial charge on any atom is 0.264 e. The van der Waals surface area contributed by atoms with Gasteiger partial charge in [-0.3, -0.25) is 9.59 Å². The Kier molecular flexibility index (Phi) is 4.84. The highest BCUT2D eigenvalue weighted by Gasteiger charge is 2.42. The highest BCUT2D eigenvalue weighted by atomic mass is 32.2. The van der Waals surface area contributed by atoms with Gasteiger partial charge in [-0.15, -0.1) is 0 Å². The Hall–Kier alpha value is -3.00. The molecule has 0 saturated carbocycles. The van der Waals surface area contributed by atoms with Gasteiger partial charge in [0.2, 0.25) is 11.7 Å². The molecule has 1 aliphatic rings. The van der Waals surface area contributed by atoms with Gasteiger partial charge in [0.1, 0.15) is 11.6 Å². The number of Topliss-reactive ketones (excluding diaryl/α,β-unsaturated/α-hetero) is 1. The van der Waals surface area contributed by atoms with Crippen LogP contribution >= 0.6 is 0 Å². The van der Waals surface area contributed by atoms with Gasteiger partial charge in [-0.2, -0.15) is 0 Å². The largest absolute Gasteiger partial charge is 0.478 e. The SMILES string of the molecule is CC(=O)NS(=O)(=O)c1ccc(C2=C(c3cccc(F)c3)C(=O)C(C)(C)O2)cc1. The zero-order chi connectivity index (χ0) is 20.7. The summed E-state index contributed by atoms with van der Waals surface area (Å²) >= 11 is 0. The second kappa shape index (κ2) is 6.87. The van der Waals surface area contributed by atoms with E-state index in [-0.39, 0.29) is 22.0 Å². The molecule has 1 aliphatic heterocycles. The predicted molar refractivity (Wildman–Crippen MR) is 101 cm³/mol. The number of amides is 1. The Morgan fingerprint density at radius 3 is 2.29 bits per heavy atom. The quantitative estimate of drug-likeness (QED) is 0.848. The van der Waals surface area contributed by atoms with E-state index >= 15 is 0 Å². The fraction of sp³-hybridized carbons (Fsp3) is 0.200. The summed E-state index contributed by atoms with van der Waals surface area (Å²) in [6.07, 6.45) is 0. The van der Waals surface area contributed by atoms with Gasteiger partial charge in [0.05, 0.1) is 10.5 Å². The average Bonchev–Trinajstić information content (AvgIpc) is 2.84. The standard InChI is InChI=1S/C20H18FNO5S/c1-12(23)22-28(25,26)16-9-7-13(8-10-16)18-17(19(24)20(2,3)27-18)14-5-4-6-15(21)11-14/h4-11H,1-3H3,(H,22,23). The Morgan fingerprint density at radius 1 is 1.07 bits per heavy atom. The smallest absolute Gasteiger partial charge is 0.264 e. The summed E-state index contributed by atoms with van der Waals surface area (Å²) in [6, 6.07) is 11.2. The van der Waals surface area contributed by atoms with Crippen molar-refractivity contribution in [2.75, 3.05) is 0 Å². The van der Waals surface area contributed by atoms with E-state index in [0.29, 0.717) is 11.1 Å². The van der Waals surface area contributed by atoms with Crippen LogP contribution in [0, 0.1) is 5.82 Å². The first kappa shape index (κ1) is 19.8. The van der Waals surface area contributed by atoms with E-state index in [2.05, 4.69) is 0 Å². The maximum atomic E-state index is 13.7. The van der Waals surface area contributed by atoms with Crippen LogP contribution in [0.15, 0.2) is 53.4 Å². The number of benzene rings is 2. The van der Waals surface area contributed by atoms with E-state index < -0.39 is 27.3 Å². The molecule has 0 bridgehead atoms. The number of hydrogen-bond acceptors (Lipinski definition) is 5. The van der Waals surface area contributed by atoms with Crippen molar-refractivity contribution in [1.82, 2.24) is 4.72 Å². The summed E-state index contributed by atoms with van der Waals surface area (Å²) < 4.78 is 45.6. The summed E-state index contributed by atoms with van der Waals surface area (Å²) in [4.78, 5) is 23.8. The van der Waals surface area contributed by atoms with Crippen LogP contribution in [0.2, 0.25) is 0 Å². The normalized spacial score (nSPS) is 16.1. The summed E-state index contributed by atoms with van der Waals surface area (Å²) in [5, 5.41) is 0. The van der Waals surface area contributed by atoms with Crippen LogP contribution in [0.3, 0.4) is 0 Å². The number of hydrogen-bond donors (Lipinski definition) is 1. The van der Waals surface area contributed by atoms with Crippen LogP contribution in [0.25, 0.3) is 11.3 Å². The number of nitrogens with one attached hydrogen (secondary N) is 1. The van der Waals surface area contributed by atoms with Gasteiger partial charge in [-0.1, -0.05) is 12.1 Å². The monoisotopic (exact) mass is 403 g/mol. The maximum absolute atomic E-state index is 13.7. The molecule has 1 heterocycles. The third kappa shape index (κ3) is 3.68. The molecule has 0 aliphatic carbocycles. The van der Waals surface area contributed by atoms with Crippen LogP contribution < -0.4 is 4.72 Å². The third-order valence-corrected chi connectivity index (χ3v) is 5.63. The molecule has 0 fully saturated rings. The van der Waals surface area contributed by atoms with Crippen molar-refractivity contribution in [1.29, 1.82) is 0 Å². The molecule has 146 valence electrons. The van der Waals surface area contributed by atoms with Gasteiger partial charge in [0.15, 0.2) is 5.60 Å². The highest BCUT2D eigenvalue weighted by molar-refractivity contribution is 7.90. The van der Waals surface area contributed by atoms with Gasteiger partial charge in [-0.25, -0.2) is 17.5 Å². The minimum Gasteiger partial charge on any atom is -0.478 e. The Balaban J connectivity index is 2.09. The number of sulfonamides is 1. The molecule has 0 atom stereocenters. The molecule has 0 spiro atoms. The van der Waals surface area contributed by atoms with Crippen molar-refractivity contribution in [3.8, 4) is 0 Å². The summed E-state index contributed by atoms with van der Waals surface area (Å²) in [5.41, 5.74) is -0.0831. The van der Waals surface area contributed by atoms with E-state index in [1.807, 2.05) is 4.72 Å². The topological polar surface area (TPSA) is 89.5 Å². The van der Waals surface area contributed by atoms with Gasteiger partial charge >= 0.3 is 0 Å². The predicted octanol–water partition coefficient (Wildman–Crippen LogP) is 2.90. The van der Waals surface area contributed by atoms with Crippen molar-refractivity contribution in [3.05, 3.63) is 65.5 Å². The summed E-state index contributed by atoms with van der Waals surface area (Å²) in [7, 11) is -3.98. The van der Waals surface area contributed by atoms with Crippen LogP contribution in [-0.4, -0.2) is 25.7 Å². The lowest BCUT2D eigenvalue weighted by Gasteiger charge is -2.18. The Labute approximate surface area is 162 Å². The molecule has 1 N–H and O–H groups in total. The number of carbonyl (C=O) groups is 2. The molecule has 0 saturated heterocycles. The molecule has 0 aromatic heterocycles. The zero-order valence-corrected chi connectivity index (χ0v) is 16.3. The Morgan fingerprint density at radius 2 is 1.71 bits per heavy atom. The molecular weight excluding hydrogens is 385 g/mol. The highest BCUT2D eigenvalue weighted by Crippen LogP contribution is 2.41. The lowest BCUT2D eigenvalue weighted by molar-refractivity contribution is -0.125. The van der Waals surface area contributed by atoms with Crippen LogP contribution in [-0.2, 0) is 24.3 Å². The second-order valence-corrected chi connectivity index (χ2v) is 8.52. The lowest BCUT2D eigenvalue weighted by atomic mass is 9.92. The van der Waals surface area contributed by atoms with Crippen LogP contribution in [0.5, 0.6) is 0 Å². The van der Waals surface area contributed by atoms with Crippen molar-refractivity contribution in [3.63, 3.8) is 0 Å². The number of carbonyl (C=O) groups excluding carboxylic acids is 2. The number of halogens is 1. The number of rotatable bonds is 4. The van der Waals surface area contributed by atoms with E-state index in [1.165, 1.54) is 42.5 Å². The van der Waals surface area contributed by atoms with E-state index in [1.54, 1.807) is 19.9 Å². The number of ketones is 1. The minimum absolute atomic E-state index is 0.108. The molecular formula is C20H18FNO5S. The zero-order valence-electron chi connectivity index (χ0n) is 15.4. The van der Waals surface area contributed by atoms with Gasteiger partial charge in [0, 0.05) is 12.5 Å². The average molecular weight is 403 g/mol. The van der Waals surface area contributed by atoms with Crippen molar-refractivity contribution < 1.29 is 27.1 Å². The van der Waals surface area contributed by atoms with Gasteiger partial charge in [0.25, 0.3) is 10.0 Å². The molecule has 8 heteroatoms. The molecule has 2 aromatic rings. The first-order chi connectivity index (χ1) is 13.0. The fourth-order valence-corrected chi connectivity index (χ4v) is 3.89. The van der Waals surface area contributed by atoms with E-state index in [0.717, 1.165) is 6.92 Å². The first-order valence-electron chi connectivity index (χ1n) is 8.39. The van der Waals surface area contributed by atoms with Gasteiger partial charge in [-0.05, 0) is 55.8 Å². The van der Waals surface area contributed by atoms with Gasteiger partial charge < -0.3 is 4.74 Å².